The molecule has 0 aliphatic rings. The zero-order valence-corrected chi connectivity index (χ0v) is 25.6. The Kier molecular flexibility index (Phi) is 32.9. The van der Waals surface area contributed by atoms with Gasteiger partial charge in [-0.1, -0.05) is 128 Å². The zero-order chi connectivity index (χ0) is 29.2. The van der Waals surface area contributed by atoms with Crippen LogP contribution in [-0.2, 0) is 29.1 Å². The van der Waals surface area contributed by atoms with Gasteiger partial charge in [0.25, 0.3) is 0 Å². The second-order valence-electron chi connectivity index (χ2n) is 11.0. The molecule has 0 amide bonds. The molecule has 0 aromatic heterocycles. The fourth-order valence-electron chi connectivity index (χ4n) is 4.58. The van der Waals surface area contributed by atoms with Gasteiger partial charge >= 0.3 is 11.9 Å². The van der Waals surface area contributed by atoms with Crippen LogP contribution in [0.25, 0.3) is 0 Å². The lowest BCUT2D eigenvalue weighted by Gasteiger charge is -2.05. The van der Waals surface area contributed by atoms with E-state index in [0.717, 1.165) is 64.2 Å². The number of hydrogen-bond donors (Lipinski definition) is 2. The van der Waals surface area contributed by atoms with Gasteiger partial charge in [-0.3, -0.25) is 9.78 Å². The molecule has 0 atom stereocenters. The molecule has 0 unspecified atom stereocenters. The minimum Gasteiger partial charge on any atom is -0.396 e. The molecule has 0 bridgehead atoms. The molecule has 8 nitrogen and oxygen atoms in total. The number of rotatable bonds is 33. The standard InChI is InChI=1S/C32H62O8/c33-27-21-17-13-9-5-1-3-7-11-15-19-23-29-37-39-31(35)25-26-32(36)40-38-30-24-20-16-12-8-4-2-6-10-14-18-22-28-34/h33-34H,1-30H2. The summed E-state index contributed by atoms with van der Waals surface area (Å²) in [5.41, 5.74) is 0. The Hall–Kier alpha value is -1.22. The second kappa shape index (κ2) is 34.0. The lowest BCUT2D eigenvalue weighted by Crippen LogP contribution is -2.11. The van der Waals surface area contributed by atoms with Crippen LogP contribution in [0.1, 0.15) is 167 Å². The zero-order valence-electron chi connectivity index (χ0n) is 25.6. The average Bonchev–Trinajstić information content (AvgIpc) is 2.96. The van der Waals surface area contributed by atoms with Crippen LogP contribution in [0.4, 0.5) is 0 Å². The molecule has 40 heavy (non-hydrogen) atoms. The summed E-state index contributed by atoms with van der Waals surface area (Å²) in [5, 5.41) is 17.5. The van der Waals surface area contributed by atoms with Crippen molar-refractivity contribution in [3.8, 4) is 0 Å². The molecule has 0 aromatic carbocycles. The van der Waals surface area contributed by atoms with Gasteiger partial charge in [0.2, 0.25) is 0 Å². The molecule has 0 fully saturated rings. The van der Waals surface area contributed by atoms with E-state index in [1.165, 1.54) is 89.9 Å². The number of aliphatic hydroxyl groups is 2. The van der Waals surface area contributed by atoms with Crippen LogP contribution < -0.4 is 0 Å². The third-order valence-corrected chi connectivity index (χ3v) is 7.11. The minimum absolute atomic E-state index is 0.0910. The average molecular weight is 575 g/mol. The van der Waals surface area contributed by atoms with E-state index in [0.29, 0.717) is 26.4 Å². The SMILES string of the molecule is O=C(CCC(=O)OOCCCCCCCCCCCCCCO)OOCCCCCCCCCCCCCCO. The van der Waals surface area contributed by atoms with E-state index in [2.05, 4.69) is 0 Å². The number of hydrogen-bond acceptors (Lipinski definition) is 8. The van der Waals surface area contributed by atoms with Gasteiger partial charge in [-0.15, -0.1) is 0 Å². The number of aliphatic hydroxyl groups excluding tert-OH is 2. The molecule has 0 radical (unpaired) electrons. The number of unbranched alkanes of at least 4 members (excludes halogenated alkanes) is 22. The normalized spacial score (nSPS) is 11.2. The predicted molar refractivity (Wildman–Crippen MR) is 158 cm³/mol. The van der Waals surface area contributed by atoms with Crippen LogP contribution in [0, 0.1) is 0 Å². The fourth-order valence-corrected chi connectivity index (χ4v) is 4.58. The van der Waals surface area contributed by atoms with Crippen molar-refractivity contribution in [2.45, 2.75) is 167 Å². The Morgan fingerprint density at radius 2 is 0.575 bits per heavy atom. The Morgan fingerprint density at radius 3 is 0.825 bits per heavy atom. The van der Waals surface area contributed by atoms with Gasteiger partial charge < -0.3 is 10.2 Å². The van der Waals surface area contributed by atoms with Crippen molar-refractivity contribution in [1.29, 1.82) is 0 Å². The van der Waals surface area contributed by atoms with Crippen molar-refractivity contribution in [2.75, 3.05) is 26.4 Å². The Balaban J connectivity index is 3.27. The monoisotopic (exact) mass is 574 g/mol. The number of carbonyl (C=O) groups excluding carboxylic acids is 2. The van der Waals surface area contributed by atoms with Gasteiger partial charge in [0.05, 0.1) is 26.1 Å². The van der Waals surface area contributed by atoms with E-state index in [1.54, 1.807) is 0 Å². The van der Waals surface area contributed by atoms with Crippen LogP contribution in [-0.4, -0.2) is 48.6 Å². The molecule has 0 saturated carbocycles. The Bertz CT molecular complexity index is 483. The number of carbonyl (C=O) groups is 2. The third-order valence-electron chi connectivity index (χ3n) is 7.11. The lowest BCUT2D eigenvalue weighted by atomic mass is 10.1. The Labute approximate surface area is 244 Å². The quantitative estimate of drug-likeness (QED) is 0.0460. The maximum atomic E-state index is 11.7. The van der Waals surface area contributed by atoms with Crippen LogP contribution >= 0.6 is 0 Å². The molecule has 0 aromatic rings. The molecular formula is C32H62O8. The molecule has 2 N–H and O–H groups in total. The summed E-state index contributed by atoms with van der Waals surface area (Å²) in [6.07, 6.45) is 27.9. The highest BCUT2D eigenvalue weighted by atomic mass is 17.2. The first-order chi connectivity index (χ1) is 19.7. The van der Waals surface area contributed by atoms with E-state index < -0.39 is 11.9 Å². The minimum atomic E-state index is -0.574. The van der Waals surface area contributed by atoms with E-state index in [4.69, 9.17) is 29.8 Å². The summed E-state index contributed by atoms with van der Waals surface area (Å²) in [6, 6.07) is 0. The first kappa shape index (κ1) is 38.8. The molecule has 0 rings (SSSR count). The molecule has 0 aliphatic heterocycles. The Morgan fingerprint density at radius 1 is 0.350 bits per heavy atom. The third kappa shape index (κ3) is 33.0. The van der Waals surface area contributed by atoms with Crippen molar-refractivity contribution in [3.63, 3.8) is 0 Å². The van der Waals surface area contributed by atoms with E-state index in [1.807, 2.05) is 0 Å². The van der Waals surface area contributed by atoms with Gasteiger partial charge in [0.15, 0.2) is 0 Å². The van der Waals surface area contributed by atoms with Gasteiger partial charge in [-0.2, -0.15) is 9.78 Å². The molecule has 0 aliphatic carbocycles. The highest BCUT2D eigenvalue weighted by molar-refractivity contribution is 5.76. The summed E-state index contributed by atoms with van der Waals surface area (Å²) in [6.45, 7) is 1.38. The summed E-state index contributed by atoms with van der Waals surface area (Å²) < 4.78 is 0. The van der Waals surface area contributed by atoms with Crippen LogP contribution in [0.2, 0.25) is 0 Å². The summed E-state index contributed by atoms with van der Waals surface area (Å²) in [4.78, 5) is 42.7. The lowest BCUT2D eigenvalue weighted by molar-refractivity contribution is -0.278. The largest absolute Gasteiger partial charge is 0.396 e. The molecule has 8 heteroatoms. The summed E-state index contributed by atoms with van der Waals surface area (Å²) in [7, 11) is 0. The predicted octanol–water partition coefficient (Wildman–Crippen LogP) is 8.06. The fraction of sp³-hybridized carbons (Fsp3) is 0.938. The van der Waals surface area contributed by atoms with Crippen molar-refractivity contribution < 1.29 is 39.4 Å². The van der Waals surface area contributed by atoms with Crippen molar-refractivity contribution in [1.82, 2.24) is 0 Å². The molecule has 238 valence electrons. The summed E-state index contributed by atoms with van der Waals surface area (Å²) >= 11 is 0. The van der Waals surface area contributed by atoms with E-state index in [-0.39, 0.29) is 12.8 Å². The first-order valence-electron chi connectivity index (χ1n) is 16.6. The maximum Gasteiger partial charge on any atom is 0.342 e. The van der Waals surface area contributed by atoms with Gasteiger partial charge in [-0.25, -0.2) is 9.59 Å². The molecular weight excluding hydrogens is 512 g/mol. The van der Waals surface area contributed by atoms with Crippen LogP contribution in [0.5, 0.6) is 0 Å². The molecule has 0 heterocycles. The van der Waals surface area contributed by atoms with Gasteiger partial charge in [-0.05, 0) is 25.7 Å². The van der Waals surface area contributed by atoms with Crippen molar-refractivity contribution >= 4 is 11.9 Å². The molecule has 0 saturated heterocycles. The van der Waals surface area contributed by atoms with Gasteiger partial charge in [0.1, 0.15) is 0 Å². The molecule has 0 spiro atoms. The van der Waals surface area contributed by atoms with Gasteiger partial charge in [0, 0.05) is 13.2 Å². The first-order valence-corrected chi connectivity index (χ1v) is 16.6. The topological polar surface area (TPSA) is 112 Å². The van der Waals surface area contributed by atoms with E-state index >= 15 is 0 Å². The van der Waals surface area contributed by atoms with Crippen LogP contribution in [0.15, 0.2) is 0 Å². The highest BCUT2D eigenvalue weighted by Gasteiger charge is 2.11. The highest BCUT2D eigenvalue weighted by Crippen LogP contribution is 2.13. The van der Waals surface area contributed by atoms with Crippen molar-refractivity contribution in [3.05, 3.63) is 0 Å². The van der Waals surface area contributed by atoms with E-state index in [9.17, 15) is 9.59 Å². The van der Waals surface area contributed by atoms with Crippen molar-refractivity contribution in [2.24, 2.45) is 0 Å². The van der Waals surface area contributed by atoms with Crippen LogP contribution in [0.3, 0.4) is 0 Å². The second-order valence-corrected chi connectivity index (χ2v) is 11.0. The maximum absolute atomic E-state index is 11.7. The summed E-state index contributed by atoms with van der Waals surface area (Å²) in [5.74, 6) is -1.15. The smallest absolute Gasteiger partial charge is 0.342 e.